The number of aromatic nitrogens is 3. The Kier molecular flexibility index (Phi) is 5.52. The van der Waals surface area contributed by atoms with Crippen LogP contribution in [0.15, 0.2) is 30.6 Å². The molecule has 3 rings (SSSR count). The molecule has 1 aromatic heterocycles. The van der Waals surface area contributed by atoms with Gasteiger partial charge in [-0.3, -0.25) is 14.6 Å². The summed E-state index contributed by atoms with van der Waals surface area (Å²) in [5.41, 5.74) is -3.56. The average Bonchev–Trinajstić information content (AvgIpc) is 3.22. The molecule has 0 radical (unpaired) electrons. The summed E-state index contributed by atoms with van der Waals surface area (Å²) in [5.74, 6) is -1.75. The van der Waals surface area contributed by atoms with Gasteiger partial charge in [-0.15, -0.1) is 5.10 Å². The molecular formula is C17H13F6N5O3. The molecule has 0 spiro atoms. The molecule has 166 valence electrons. The molecule has 14 heteroatoms. The molecule has 1 aliphatic rings. The number of amides is 2. The lowest BCUT2D eigenvalue weighted by Crippen LogP contribution is -2.43. The maximum atomic E-state index is 13.0. The van der Waals surface area contributed by atoms with Crippen LogP contribution in [0.4, 0.5) is 26.3 Å². The Balaban J connectivity index is 1.88. The Bertz CT molecular complexity index is 1010. The standard InChI is InChI=1S/C17H13F6N5O3/c1-26-13(30)7-14(31)28(26)12(29)2-3-27-8-24-15(25-27)9-4-10(16(18,19)20)6-11(5-9)17(21,22)23/h2-6,8,14,31H,7H2,1H3/b3-2-. The minimum Gasteiger partial charge on any atom is -0.371 e. The van der Waals surface area contributed by atoms with Crippen LogP contribution < -0.4 is 0 Å². The summed E-state index contributed by atoms with van der Waals surface area (Å²) in [7, 11) is 1.27. The molecule has 1 aromatic carbocycles. The molecule has 2 amide bonds. The second kappa shape index (κ2) is 7.68. The van der Waals surface area contributed by atoms with Gasteiger partial charge in [-0.05, 0) is 18.2 Å². The number of hydrogen-bond donors (Lipinski definition) is 1. The van der Waals surface area contributed by atoms with Crippen molar-refractivity contribution in [2.24, 2.45) is 0 Å². The Morgan fingerprint density at radius 1 is 1.13 bits per heavy atom. The van der Waals surface area contributed by atoms with Crippen LogP contribution in [-0.4, -0.2) is 55.0 Å². The highest BCUT2D eigenvalue weighted by Crippen LogP contribution is 2.38. The van der Waals surface area contributed by atoms with E-state index in [-0.39, 0.29) is 12.5 Å². The van der Waals surface area contributed by atoms with Gasteiger partial charge in [0.05, 0.1) is 17.5 Å². The van der Waals surface area contributed by atoms with E-state index in [0.717, 1.165) is 33.3 Å². The van der Waals surface area contributed by atoms with Gasteiger partial charge in [0.15, 0.2) is 12.1 Å². The van der Waals surface area contributed by atoms with Crippen LogP contribution in [0.2, 0.25) is 0 Å². The number of carbonyl (C=O) groups is 2. The number of rotatable bonds is 3. The molecule has 0 saturated carbocycles. The van der Waals surface area contributed by atoms with Crippen molar-refractivity contribution >= 4 is 18.0 Å². The molecule has 1 fully saturated rings. The topological polar surface area (TPSA) is 91.6 Å². The first kappa shape index (κ1) is 22.3. The van der Waals surface area contributed by atoms with E-state index in [1.54, 1.807) is 0 Å². The maximum Gasteiger partial charge on any atom is 0.416 e. The van der Waals surface area contributed by atoms with E-state index < -0.39 is 52.9 Å². The van der Waals surface area contributed by atoms with Gasteiger partial charge in [0.25, 0.3) is 5.91 Å². The normalized spacial score (nSPS) is 17.8. The molecule has 0 bridgehead atoms. The first-order chi connectivity index (χ1) is 14.3. The zero-order valence-electron chi connectivity index (χ0n) is 15.5. The summed E-state index contributed by atoms with van der Waals surface area (Å²) in [5, 5.41) is 15.1. The minimum atomic E-state index is -5.02. The second-order valence-corrected chi connectivity index (χ2v) is 6.44. The zero-order valence-corrected chi connectivity index (χ0v) is 15.5. The first-order valence-corrected chi connectivity index (χ1v) is 8.44. The Morgan fingerprint density at radius 2 is 1.71 bits per heavy atom. The van der Waals surface area contributed by atoms with Crippen molar-refractivity contribution in [1.82, 2.24) is 24.8 Å². The highest BCUT2D eigenvalue weighted by molar-refractivity contribution is 5.93. The fraction of sp³-hybridized carbons (Fsp3) is 0.294. The first-order valence-electron chi connectivity index (χ1n) is 8.44. The summed E-state index contributed by atoms with van der Waals surface area (Å²) < 4.78 is 78.8. The van der Waals surface area contributed by atoms with E-state index in [9.17, 15) is 41.0 Å². The number of halogens is 6. The van der Waals surface area contributed by atoms with E-state index in [0.29, 0.717) is 12.1 Å². The molecule has 1 N–H and O–H groups in total. The number of hydrogen-bond acceptors (Lipinski definition) is 5. The molecule has 8 nitrogen and oxygen atoms in total. The lowest BCUT2D eigenvalue weighted by molar-refractivity contribution is -0.158. The van der Waals surface area contributed by atoms with Crippen LogP contribution in [0, 0.1) is 0 Å². The van der Waals surface area contributed by atoms with Gasteiger partial charge in [-0.1, -0.05) is 0 Å². The lowest BCUT2D eigenvalue weighted by atomic mass is 10.0. The van der Waals surface area contributed by atoms with Crippen LogP contribution in [0.5, 0.6) is 0 Å². The number of nitrogens with zero attached hydrogens (tertiary/aromatic N) is 5. The monoisotopic (exact) mass is 449 g/mol. The molecule has 2 aromatic rings. The van der Waals surface area contributed by atoms with Gasteiger partial charge in [-0.25, -0.2) is 14.7 Å². The highest BCUT2D eigenvalue weighted by atomic mass is 19.4. The summed E-state index contributed by atoms with van der Waals surface area (Å²) in [6.45, 7) is 0. The predicted octanol–water partition coefficient (Wildman–Crippen LogP) is 2.38. The van der Waals surface area contributed by atoms with Crippen molar-refractivity contribution in [1.29, 1.82) is 0 Å². The molecule has 1 aliphatic heterocycles. The van der Waals surface area contributed by atoms with E-state index in [1.807, 2.05) is 0 Å². The Hall–Kier alpha value is -3.42. The Labute approximate surface area is 170 Å². The lowest BCUT2D eigenvalue weighted by Gasteiger charge is -2.24. The van der Waals surface area contributed by atoms with Crippen molar-refractivity contribution in [3.05, 3.63) is 41.7 Å². The largest absolute Gasteiger partial charge is 0.416 e. The third-order valence-electron chi connectivity index (χ3n) is 4.27. The molecule has 1 unspecified atom stereocenters. The number of aliphatic hydroxyl groups is 1. The van der Waals surface area contributed by atoms with Crippen molar-refractivity contribution in [3.63, 3.8) is 0 Å². The van der Waals surface area contributed by atoms with Crippen molar-refractivity contribution in [3.8, 4) is 11.4 Å². The highest BCUT2D eigenvalue weighted by Gasteiger charge is 2.38. The van der Waals surface area contributed by atoms with Gasteiger partial charge >= 0.3 is 12.4 Å². The van der Waals surface area contributed by atoms with Crippen molar-refractivity contribution in [2.45, 2.75) is 25.0 Å². The molecular weight excluding hydrogens is 436 g/mol. The molecule has 1 saturated heterocycles. The number of carbonyl (C=O) groups excluding carboxylic acids is 2. The van der Waals surface area contributed by atoms with Crippen molar-refractivity contribution < 1.29 is 41.0 Å². The molecule has 31 heavy (non-hydrogen) atoms. The van der Waals surface area contributed by atoms with E-state index in [4.69, 9.17) is 0 Å². The third-order valence-corrected chi connectivity index (χ3v) is 4.27. The van der Waals surface area contributed by atoms with E-state index >= 15 is 0 Å². The predicted molar refractivity (Wildman–Crippen MR) is 91.0 cm³/mol. The van der Waals surface area contributed by atoms with Gasteiger partial charge in [0, 0.05) is 24.9 Å². The quantitative estimate of drug-likeness (QED) is 0.574. The van der Waals surface area contributed by atoms with Crippen LogP contribution in [-0.2, 0) is 21.9 Å². The number of aliphatic hydroxyl groups excluding tert-OH is 1. The Morgan fingerprint density at radius 3 is 2.19 bits per heavy atom. The van der Waals surface area contributed by atoms with E-state index in [1.165, 1.54) is 7.05 Å². The molecule has 2 heterocycles. The molecule has 0 aliphatic carbocycles. The van der Waals surface area contributed by atoms with Gasteiger partial charge < -0.3 is 5.11 Å². The van der Waals surface area contributed by atoms with E-state index in [2.05, 4.69) is 10.1 Å². The van der Waals surface area contributed by atoms with Crippen LogP contribution in [0.1, 0.15) is 17.5 Å². The summed E-state index contributed by atoms with van der Waals surface area (Å²) >= 11 is 0. The second-order valence-electron chi connectivity index (χ2n) is 6.44. The van der Waals surface area contributed by atoms with Crippen LogP contribution in [0.3, 0.4) is 0 Å². The van der Waals surface area contributed by atoms with Gasteiger partial charge in [0.1, 0.15) is 6.33 Å². The van der Waals surface area contributed by atoms with Gasteiger partial charge in [0.2, 0.25) is 5.91 Å². The summed E-state index contributed by atoms with van der Waals surface area (Å²) in [6.07, 6.45) is -8.84. The smallest absolute Gasteiger partial charge is 0.371 e. The molecule has 1 atom stereocenters. The fourth-order valence-corrected chi connectivity index (χ4v) is 2.77. The zero-order chi connectivity index (χ0) is 23.1. The van der Waals surface area contributed by atoms with Crippen LogP contribution in [0.25, 0.3) is 17.6 Å². The summed E-state index contributed by atoms with van der Waals surface area (Å²) in [4.78, 5) is 27.3. The van der Waals surface area contributed by atoms with Crippen molar-refractivity contribution in [2.75, 3.05) is 7.05 Å². The third kappa shape index (κ3) is 4.68. The fourth-order valence-electron chi connectivity index (χ4n) is 2.77. The summed E-state index contributed by atoms with van der Waals surface area (Å²) in [6, 6.07) is 0.939. The SMILES string of the molecule is CN1C(=O)CC(O)N1C(=O)/C=C\n1cnc(-c2cc(C(F)(F)F)cc(C(F)(F)F)c2)n1. The van der Waals surface area contributed by atoms with Gasteiger partial charge in [-0.2, -0.15) is 26.3 Å². The maximum absolute atomic E-state index is 13.0. The number of benzene rings is 1. The van der Waals surface area contributed by atoms with Crippen LogP contribution >= 0.6 is 0 Å². The minimum absolute atomic E-state index is 0.0157. The average molecular weight is 449 g/mol. The number of alkyl halides is 6. The number of hydrazine groups is 1.